The van der Waals surface area contributed by atoms with E-state index in [1.165, 1.54) is 5.19 Å². The van der Waals surface area contributed by atoms with Crippen molar-refractivity contribution in [2.75, 3.05) is 5.73 Å². The molecule has 1 nitrogen and oxygen atoms in total. The monoisotopic (exact) mass is 285 g/mol. The first kappa shape index (κ1) is 17.5. The number of nitrogen functional groups attached to an aromatic ring is 1. The lowest BCUT2D eigenvalue weighted by Gasteiger charge is -2.44. The molecule has 0 aromatic heterocycles. The molecule has 0 aliphatic heterocycles. The lowest BCUT2D eigenvalue weighted by atomic mass is 10.3. The number of benzene rings is 1. The van der Waals surface area contributed by atoms with Gasteiger partial charge in [-0.2, -0.15) is 0 Å². The van der Waals surface area contributed by atoms with Gasteiger partial charge in [0.1, 0.15) is 0 Å². The maximum absolute atomic E-state index is 6.25. The minimum atomic E-state index is -1.57. The molecule has 104 valence electrons. The van der Waals surface area contributed by atoms with Crippen molar-refractivity contribution in [1.82, 2.24) is 0 Å². The molecule has 0 heterocycles. The summed E-state index contributed by atoms with van der Waals surface area (Å²) in [6.07, 6.45) is 0. The van der Waals surface area contributed by atoms with E-state index in [4.69, 9.17) is 5.73 Å². The van der Waals surface area contributed by atoms with Crippen molar-refractivity contribution in [3.63, 3.8) is 0 Å². The van der Waals surface area contributed by atoms with Crippen LogP contribution in [0.5, 0.6) is 0 Å². The van der Waals surface area contributed by atoms with Gasteiger partial charge in [0, 0.05) is 5.69 Å². The molecule has 0 amide bonds. The number of nitrogens with two attached hydrogens (primary N) is 1. The second kappa shape index (κ2) is 6.62. The van der Waals surface area contributed by atoms with Gasteiger partial charge in [-0.25, -0.2) is 0 Å². The lowest BCUT2D eigenvalue weighted by Crippen LogP contribution is -2.56. The summed E-state index contributed by atoms with van der Waals surface area (Å²) in [6.45, 7) is 14.2. The van der Waals surface area contributed by atoms with Gasteiger partial charge in [0.25, 0.3) is 0 Å². The smallest absolute Gasteiger partial charge is 0.0969 e. The Hall–Kier alpha value is -0.473. The molecule has 0 saturated heterocycles. The van der Waals surface area contributed by atoms with Crippen LogP contribution >= 0.6 is 12.4 Å². The van der Waals surface area contributed by atoms with Crippen LogP contribution in [0.1, 0.15) is 41.5 Å². The molecule has 1 rings (SSSR count). The standard InChI is InChI=1S/C15H27NSi.ClH/c1-11(2)17(12(3)4,13(5)6)15-10-8-7-9-14(15)16;/h7-13H,16H2,1-6H3;1H. The summed E-state index contributed by atoms with van der Waals surface area (Å²) in [4.78, 5) is 0. The van der Waals surface area contributed by atoms with Gasteiger partial charge >= 0.3 is 0 Å². The van der Waals surface area contributed by atoms with E-state index in [1.807, 2.05) is 6.07 Å². The normalized spacial score (nSPS) is 12.1. The van der Waals surface area contributed by atoms with E-state index in [2.05, 4.69) is 59.7 Å². The van der Waals surface area contributed by atoms with Gasteiger partial charge in [-0.1, -0.05) is 59.7 Å². The van der Waals surface area contributed by atoms with Crippen LogP contribution in [0, 0.1) is 0 Å². The van der Waals surface area contributed by atoms with Crippen molar-refractivity contribution in [2.24, 2.45) is 0 Å². The molecule has 0 spiro atoms. The number of hydrogen-bond donors (Lipinski definition) is 1. The lowest BCUT2D eigenvalue weighted by molar-refractivity contribution is 0.835. The molecule has 0 aliphatic rings. The molecule has 2 N–H and O–H groups in total. The molecule has 0 saturated carbocycles. The van der Waals surface area contributed by atoms with Gasteiger partial charge in [-0.05, 0) is 27.9 Å². The van der Waals surface area contributed by atoms with Crippen LogP contribution in [0.3, 0.4) is 0 Å². The van der Waals surface area contributed by atoms with Crippen molar-refractivity contribution in [2.45, 2.75) is 58.2 Å². The molecule has 0 atom stereocenters. The molecule has 0 fully saturated rings. The molecule has 1 aromatic rings. The van der Waals surface area contributed by atoms with Crippen LogP contribution in [0.25, 0.3) is 0 Å². The van der Waals surface area contributed by atoms with Crippen LogP contribution in [0.15, 0.2) is 24.3 Å². The minimum Gasteiger partial charge on any atom is -0.399 e. The first-order chi connectivity index (χ1) is 7.85. The van der Waals surface area contributed by atoms with Gasteiger partial charge in [0.05, 0.1) is 8.07 Å². The topological polar surface area (TPSA) is 26.0 Å². The molecule has 3 heteroatoms. The summed E-state index contributed by atoms with van der Waals surface area (Å²) in [7, 11) is -1.57. The Morgan fingerprint density at radius 2 is 1.22 bits per heavy atom. The van der Waals surface area contributed by atoms with Crippen LogP contribution in [-0.2, 0) is 0 Å². The minimum absolute atomic E-state index is 0. The van der Waals surface area contributed by atoms with Crippen molar-refractivity contribution in [3.05, 3.63) is 24.3 Å². The second-order valence-corrected chi connectivity index (χ2v) is 11.9. The highest BCUT2D eigenvalue weighted by Gasteiger charge is 2.45. The molecule has 18 heavy (non-hydrogen) atoms. The highest BCUT2D eigenvalue weighted by atomic mass is 35.5. The third kappa shape index (κ3) is 2.75. The van der Waals surface area contributed by atoms with Crippen LogP contribution in [-0.4, -0.2) is 8.07 Å². The summed E-state index contributed by atoms with van der Waals surface area (Å²) >= 11 is 0. The van der Waals surface area contributed by atoms with E-state index in [9.17, 15) is 0 Å². The number of hydrogen-bond acceptors (Lipinski definition) is 1. The first-order valence-corrected chi connectivity index (χ1v) is 8.93. The summed E-state index contributed by atoms with van der Waals surface area (Å²) in [5, 5.41) is 1.46. The SMILES string of the molecule is CC(C)[Si](c1ccccc1N)(C(C)C)C(C)C.Cl. The Bertz CT molecular complexity index is 353. The second-order valence-electron chi connectivity index (χ2n) is 5.98. The van der Waals surface area contributed by atoms with Crippen molar-refractivity contribution in [3.8, 4) is 0 Å². The molecular formula is C15H28ClNSi. The van der Waals surface area contributed by atoms with Gasteiger partial charge in [-0.15, -0.1) is 12.4 Å². The summed E-state index contributed by atoms with van der Waals surface area (Å²) < 4.78 is 0. The zero-order valence-electron chi connectivity index (χ0n) is 12.5. The van der Waals surface area contributed by atoms with Crippen molar-refractivity contribution >= 4 is 31.4 Å². The Kier molecular flexibility index (Phi) is 6.45. The highest BCUT2D eigenvalue weighted by molar-refractivity contribution is 6.95. The van der Waals surface area contributed by atoms with Gasteiger partial charge < -0.3 is 5.73 Å². The summed E-state index contributed by atoms with van der Waals surface area (Å²) in [5.74, 6) is 0. The summed E-state index contributed by atoms with van der Waals surface area (Å²) in [6, 6.07) is 8.51. The van der Waals surface area contributed by atoms with Gasteiger partial charge in [0.2, 0.25) is 0 Å². The highest BCUT2D eigenvalue weighted by Crippen LogP contribution is 2.41. The maximum atomic E-state index is 6.25. The quantitative estimate of drug-likeness (QED) is 0.636. The summed E-state index contributed by atoms with van der Waals surface area (Å²) in [5.41, 5.74) is 9.40. The average Bonchev–Trinajstić information content (AvgIpc) is 2.19. The van der Waals surface area contributed by atoms with Crippen molar-refractivity contribution < 1.29 is 0 Å². The van der Waals surface area contributed by atoms with Crippen LogP contribution in [0.2, 0.25) is 16.6 Å². The third-order valence-electron chi connectivity index (χ3n) is 4.29. The Labute approximate surface area is 120 Å². The molecular weight excluding hydrogens is 258 g/mol. The van der Waals surface area contributed by atoms with Gasteiger partial charge in [0.15, 0.2) is 0 Å². The third-order valence-corrected chi connectivity index (χ3v) is 11.4. The number of halogens is 1. The zero-order chi connectivity index (χ0) is 13.2. The van der Waals surface area contributed by atoms with Crippen LogP contribution in [0.4, 0.5) is 5.69 Å². The molecule has 0 bridgehead atoms. The molecule has 0 radical (unpaired) electrons. The fourth-order valence-corrected chi connectivity index (χ4v) is 10.7. The fraction of sp³-hybridized carbons (Fsp3) is 0.600. The average molecular weight is 286 g/mol. The molecule has 0 aliphatic carbocycles. The van der Waals surface area contributed by atoms with E-state index >= 15 is 0 Å². The number of anilines is 1. The number of rotatable bonds is 4. The van der Waals surface area contributed by atoms with Crippen molar-refractivity contribution in [1.29, 1.82) is 0 Å². The van der Waals surface area contributed by atoms with Crippen LogP contribution < -0.4 is 10.9 Å². The molecule has 0 unspecified atom stereocenters. The number of para-hydroxylation sites is 1. The zero-order valence-corrected chi connectivity index (χ0v) is 14.3. The van der Waals surface area contributed by atoms with E-state index < -0.39 is 8.07 Å². The molecule has 1 aromatic carbocycles. The van der Waals surface area contributed by atoms with Gasteiger partial charge in [-0.3, -0.25) is 0 Å². The van der Waals surface area contributed by atoms with E-state index in [-0.39, 0.29) is 12.4 Å². The fourth-order valence-electron chi connectivity index (χ4n) is 3.82. The Morgan fingerprint density at radius 1 is 0.833 bits per heavy atom. The Balaban J connectivity index is 0.00000289. The maximum Gasteiger partial charge on any atom is 0.0969 e. The van der Waals surface area contributed by atoms with E-state index in [0.29, 0.717) is 16.6 Å². The Morgan fingerprint density at radius 3 is 1.56 bits per heavy atom. The van der Waals surface area contributed by atoms with E-state index in [0.717, 1.165) is 5.69 Å². The predicted molar refractivity (Wildman–Crippen MR) is 88.8 cm³/mol. The largest absolute Gasteiger partial charge is 0.399 e. The first-order valence-electron chi connectivity index (χ1n) is 6.70. The van der Waals surface area contributed by atoms with E-state index in [1.54, 1.807) is 0 Å². The predicted octanol–water partition coefficient (Wildman–Crippen LogP) is 4.58.